The molecule has 0 radical (unpaired) electrons. The maximum absolute atomic E-state index is 12.4. The van der Waals surface area contributed by atoms with Crippen molar-refractivity contribution in [2.45, 2.75) is 26.4 Å². The van der Waals surface area contributed by atoms with Gasteiger partial charge in [0.25, 0.3) is 0 Å². The summed E-state index contributed by atoms with van der Waals surface area (Å²) in [4.78, 5) is 14.4. The van der Waals surface area contributed by atoms with Crippen molar-refractivity contribution in [2.24, 2.45) is 0 Å². The SMILES string of the molecule is CNCC1CN(C(=O)Cc2cc(C)ccc2C)CCO1. The van der Waals surface area contributed by atoms with Crippen LogP contribution < -0.4 is 5.32 Å². The Balaban J connectivity index is 1.99. The van der Waals surface area contributed by atoms with E-state index in [1.165, 1.54) is 11.1 Å². The Morgan fingerprint density at radius 3 is 3.00 bits per heavy atom. The van der Waals surface area contributed by atoms with Crippen LogP contribution in [-0.4, -0.2) is 50.2 Å². The van der Waals surface area contributed by atoms with Gasteiger partial charge >= 0.3 is 0 Å². The van der Waals surface area contributed by atoms with Crippen LogP contribution in [0.25, 0.3) is 0 Å². The van der Waals surface area contributed by atoms with Gasteiger partial charge in [-0.15, -0.1) is 0 Å². The van der Waals surface area contributed by atoms with Gasteiger partial charge in [0.15, 0.2) is 0 Å². The molecule has 0 aliphatic carbocycles. The molecule has 110 valence electrons. The number of carbonyl (C=O) groups excluding carboxylic acids is 1. The Labute approximate surface area is 121 Å². The van der Waals surface area contributed by atoms with Crippen LogP contribution in [0.15, 0.2) is 18.2 Å². The van der Waals surface area contributed by atoms with E-state index in [1.54, 1.807) is 0 Å². The molecule has 20 heavy (non-hydrogen) atoms. The number of amides is 1. The highest BCUT2D eigenvalue weighted by Gasteiger charge is 2.23. The van der Waals surface area contributed by atoms with Crippen molar-refractivity contribution in [1.82, 2.24) is 10.2 Å². The second-order valence-electron chi connectivity index (χ2n) is 5.50. The quantitative estimate of drug-likeness (QED) is 0.901. The van der Waals surface area contributed by atoms with Crippen molar-refractivity contribution < 1.29 is 9.53 Å². The molecule has 1 fully saturated rings. The van der Waals surface area contributed by atoms with E-state index in [0.29, 0.717) is 26.1 Å². The van der Waals surface area contributed by atoms with Gasteiger partial charge in [0, 0.05) is 19.6 Å². The van der Waals surface area contributed by atoms with Gasteiger partial charge in [-0.25, -0.2) is 0 Å². The average Bonchev–Trinajstić information content (AvgIpc) is 2.43. The van der Waals surface area contributed by atoms with Crippen LogP contribution in [0.2, 0.25) is 0 Å². The van der Waals surface area contributed by atoms with Crippen LogP contribution >= 0.6 is 0 Å². The van der Waals surface area contributed by atoms with Crippen molar-refractivity contribution in [3.63, 3.8) is 0 Å². The number of likely N-dealkylation sites (N-methyl/N-ethyl adjacent to an activating group) is 1. The summed E-state index contributed by atoms with van der Waals surface area (Å²) in [5.41, 5.74) is 3.52. The third-order valence-corrected chi connectivity index (χ3v) is 3.77. The molecular weight excluding hydrogens is 252 g/mol. The molecule has 1 N–H and O–H groups in total. The number of aryl methyl sites for hydroxylation is 2. The first-order chi connectivity index (χ1) is 9.60. The van der Waals surface area contributed by atoms with Crippen LogP contribution in [0.4, 0.5) is 0 Å². The van der Waals surface area contributed by atoms with Gasteiger partial charge in [-0.2, -0.15) is 0 Å². The molecule has 0 spiro atoms. The first-order valence-electron chi connectivity index (χ1n) is 7.20. The first-order valence-corrected chi connectivity index (χ1v) is 7.20. The second-order valence-corrected chi connectivity index (χ2v) is 5.50. The molecule has 1 atom stereocenters. The molecule has 1 aromatic carbocycles. The predicted octanol–water partition coefficient (Wildman–Crippen LogP) is 1.29. The maximum atomic E-state index is 12.4. The van der Waals surface area contributed by atoms with Crippen LogP contribution in [-0.2, 0) is 16.0 Å². The highest BCUT2D eigenvalue weighted by atomic mass is 16.5. The van der Waals surface area contributed by atoms with E-state index < -0.39 is 0 Å². The van der Waals surface area contributed by atoms with E-state index in [0.717, 1.165) is 12.1 Å². The highest BCUT2D eigenvalue weighted by Crippen LogP contribution is 2.14. The maximum Gasteiger partial charge on any atom is 0.227 e. The van der Waals surface area contributed by atoms with Crippen LogP contribution in [0.3, 0.4) is 0 Å². The minimum atomic E-state index is 0.108. The molecule has 0 saturated carbocycles. The lowest BCUT2D eigenvalue weighted by Crippen LogP contribution is -2.49. The summed E-state index contributed by atoms with van der Waals surface area (Å²) in [6.07, 6.45) is 0.594. The molecule has 2 rings (SSSR count). The fourth-order valence-corrected chi connectivity index (χ4v) is 2.56. The number of morpholine rings is 1. The Hall–Kier alpha value is -1.39. The smallest absolute Gasteiger partial charge is 0.227 e. The van der Waals surface area contributed by atoms with Gasteiger partial charge in [0.1, 0.15) is 0 Å². The Morgan fingerprint density at radius 2 is 2.25 bits per heavy atom. The molecule has 1 unspecified atom stereocenters. The number of carbonyl (C=O) groups is 1. The normalized spacial score (nSPS) is 19.1. The number of hydrogen-bond donors (Lipinski definition) is 1. The largest absolute Gasteiger partial charge is 0.373 e. The fraction of sp³-hybridized carbons (Fsp3) is 0.562. The monoisotopic (exact) mass is 276 g/mol. The van der Waals surface area contributed by atoms with Crippen molar-refractivity contribution >= 4 is 5.91 Å². The summed E-state index contributed by atoms with van der Waals surface area (Å²) in [5, 5.41) is 3.10. The minimum Gasteiger partial charge on any atom is -0.373 e. The van der Waals surface area contributed by atoms with Crippen molar-refractivity contribution in [3.8, 4) is 0 Å². The molecule has 4 heteroatoms. The van der Waals surface area contributed by atoms with Crippen molar-refractivity contribution in [1.29, 1.82) is 0 Å². The van der Waals surface area contributed by atoms with Gasteiger partial charge in [0.05, 0.1) is 19.1 Å². The van der Waals surface area contributed by atoms with Crippen LogP contribution in [0, 0.1) is 13.8 Å². The summed E-state index contributed by atoms with van der Waals surface area (Å²) >= 11 is 0. The van der Waals surface area contributed by atoms with Gasteiger partial charge in [0.2, 0.25) is 5.91 Å². The molecule has 0 aromatic heterocycles. The lowest BCUT2D eigenvalue weighted by molar-refractivity contribution is -0.137. The Morgan fingerprint density at radius 1 is 1.45 bits per heavy atom. The summed E-state index contributed by atoms with van der Waals surface area (Å²) in [6, 6.07) is 6.28. The lowest BCUT2D eigenvalue weighted by Gasteiger charge is -2.33. The Bertz CT molecular complexity index is 472. The summed E-state index contributed by atoms with van der Waals surface area (Å²) < 4.78 is 5.64. The molecular formula is C16H24N2O2. The lowest BCUT2D eigenvalue weighted by atomic mass is 10.0. The number of ether oxygens (including phenoxy) is 1. The minimum absolute atomic E-state index is 0.108. The Kier molecular flexibility index (Phi) is 5.15. The van der Waals surface area contributed by atoms with Gasteiger partial charge < -0.3 is 15.0 Å². The molecule has 1 saturated heterocycles. The molecule has 0 bridgehead atoms. The van der Waals surface area contributed by atoms with Crippen LogP contribution in [0.1, 0.15) is 16.7 Å². The molecule has 1 aliphatic rings. The molecule has 1 aromatic rings. The van der Waals surface area contributed by atoms with E-state index in [2.05, 4.69) is 37.4 Å². The second kappa shape index (κ2) is 6.86. The fourth-order valence-electron chi connectivity index (χ4n) is 2.56. The molecule has 4 nitrogen and oxygen atoms in total. The predicted molar refractivity (Wildman–Crippen MR) is 79.9 cm³/mol. The summed E-state index contributed by atoms with van der Waals surface area (Å²) in [7, 11) is 1.90. The third-order valence-electron chi connectivity index (χ3n) is 3.77. The summed E-state index contributed by atoms with van der Waals surface area (Å²) in [5.74, 6) is 0.197. The van der Waals surface area contributed by atoms with Crippen molar-refractivity contribution in [2.75, 3.05) is 33.3 Å². The zero-order valence-corrected chi connectivity index (χ0v) is 12.6. The average molecular weight is 276 g/mol. The molecule has 1 amide bonds. The zero-order chi connectivity index (χ0) is 14.5. The van der Waals surface area contributed by atoms with E-state index in [1.807, 2.05) is 11.9 Å². The van der Waals surface area contributed by atoms with Gasteiger partial charge in [-0.3, -0.25) is 4.79 Å². The highest BCUT2D eigenvalue weighted by molar-refractivity contribution is 5.79. The van der Waals surface area contributed by atoms with Gasteiger partial charge in [-0.05, 0) is 32.0 Å². The standard InChI is InChI=1S/C16H24N2O2/c1-12-4-5-13(2)14(8-12)9-16(19)18-6-7-20-15(11-18)10-17-3/h4-5,8,15,17H,6-7,9-11H2,1-3H3. The summed E-state index contributed by atoms with van der Waals surface area (Å²) in [6.45, 7) is 6.92. The van der Waals surface area contributed by atoms with E-state index in [-0.39, 0.29) is 12.0 Å². The number of nitrogens with one attached hydrogen (secondary N) is 1. The van der Waals surface area contributed by atoms with Crippen molar-refractivity contribution in [3.05, 3.63) is 34.9 Å². The van der Waals surface area contributed by atoms with E-state index in [4.69, 9.17) is 4.74 Å². The number of hydrogen-bond acceptors (Lipinski definition) is 3. The zero-order valence-electron chi connectivity index (χ0n) is 12.6. The first kappa shape index (κ1) is 15.0. The van der Waals surface area contributed by atoms with Gasteiger partial charge in [-0.1, -0.05) is 23.8 Å². The number of benzene rings is 1. The number of nitrogens with zero attached hydrogens (tertiary/aromatic N) is 1. The molecule has 1 heterocycles. The topological polar surface area (TPSA) is 41.6 Å². The van der Waals surface area contributed by atoms with E-state index >= 15 is 0 Å². The van der Waals surface area contributed by atoms with E-state index in [9.17, 15) is 4.79 Å². The molecule has 1 aliphatic heterocycles. The van der Waals surface area contributed by atoms with Crippen LogP contribution in [0.5, 0.6) is 0 Å². The number of rotatable bonds is 4. The third kappa shape index (κ3) is 3.81.